The van der Waals surface area contributed by atoms with Crippen LogP contribution in [0, 0.1) is 14.9 Å². The van der Waals surface area contributed by atoms with Crippen molar-refractivity contribution in [2.24, 2.45) is 0 Å². The highest BCUT2D eigenvalue weighted by Gasteiger charge is 2.11. The van der Waals surface area contributed by atoms with E-state index in [4.69, 9.17) is 9.47 Å². The number of esters is 1. The fraction of sp³-hybridized carbons (Fsp3) is 0.0417. The second-order valence-corrected chi connectivity index (χ2v) is 7.56. The Hall–Kier alpha value is -3.64. The van der Waals surface area contributed by atoms with Crippen LogP contribution in [-0.2, 0) is 4.79 Å². The number of carbonyl (C=O) groups excluding carboxylic acids is 2. The maximum atomic E-state index is 12.4. The van der Waals surface area contributed by atoms with Crippen LogP contribution in [-0.4, -0.2) is 19.0 Å². The number of halogens is 1. The lowest BCUT2D eigenvalue weighted by Gasteiger charge is -2.06. The number of benzene rings is 3. The number of amides is 1. The van der Waals surface area contributed by atoms with Gasteiger partial charge in [-0.15, -0.1) is 0 Å². The van der Waals surface area contributed by atoms with E-state index >= 15 is 0 Å². The van der Waals surface area contributed by atoms with E-state index in [1.54, 1.807) is 67.8 Å². The van der Waals surface area contributed by atoms with Crippen molar-refractivity contribution in [1.82, 2.24) is 0 Å². The number of hydrogen-bond donors (Lipinski definition) is 1. The van der Waals surface area contributed by atoms with E-state index in [2.05, 4.69) is 27.9 Å². The Balaban J connectivity index is 1.66. The van der Waals surface area contributed by atoms with E-state index < -0.39 is 11.9 Å². The van der Waals surface area contributed by atoms with Gasteiger partial charge in [0.2, 0.25) is 0 Å². The molecule has 1 N–H and O–H groups in total. The van der Waals surface area contributed by atoms with Gasteiger partial charge in [-0.05, 0) is 94.9 Å². The summed E-state index contributed by atoms with van der Waals surface area (Å²) in [5.41, 5.74) is 1.58. The van der Waals surface area contributed by atoms with Crippen LogP contribution in [0.2, 0.25) is 0 Å². The van der Waals surface area contributed by atoms with Gasteiger partial charge in [0, 0.05) is 9.26 Å². The molecule has 0 heterocycles. The molecule has 0 aliphatic carbocycles. The molecule has 3 rings (SSSR count). The molecule has 0 aromatic heterocycles. The minimum absolute atomic E-state index is 0.0403. The average Bonchev–Trinajstić information content (AvgIpc) is 2.80. The smallest absolute Gasteiger partial charge is 0.343 e. The lowest BCUT2D eigenvalue weighted by Crippen LogP contribution is -2.13. The zero-order valence-electron chi connectivity index (χ0n) is 16.5. The molecule has 0 bridgehead atoms. The summed E-state index contributed by atoms with van der Waals surface area (Å²) in [6.07, 6.45) is 1.47. The van der Waals surface area contributed by atoms with Crippen molar-refractivity contribution in [3.05, 3.63) is 93.1 Å². The SMILES string of the molecule is COc1ccc(C(=O)Oc2ccc(/C=C(/C#N)C(=O)Nc3ccc(I)cc3)cc2)cc1. The van der Waals surface area contributed by atoms with E-state index in [1.807, 2.05) is 18.2 Å². The molecule has 0 saturated heterocycles. The molecule has 0 unspecified atom stereocenters. The van der Waals surface area contributed by atoms with Gasteiger partial charge in [-0.25, -0.2) is 4.79 Å². The van der Waals surface area contributed by atoms with Crippen LogP contribution in [0.5, 0.6) is 11.5 Å². The second-order valence-electron chi connectivity index (χ2n) is 6.32. The first kappa shape index (κ1) is 22.1. The van der Waals surface area contributed by atoms with E-state index in [0.717, 1.165) is 3.57 Å². The number of methoxy groups -OCH3 is 1. The molecule has 31 heavy (non-hydrogen) atoms. The third-order valence-electron chi connectivity index (χ3n) is 4.19. The van der Waals surface area contributed by atoms with Gasteiger partial charge in [-0.1, -0.05) is 12.1 Å². The second kappa shape index (κ2) is 10.4. The van der Waals surface area contributed by atoms with Crippen molar-refractivity contribution in [1.29, 1.82) is 5.26 Å². The van der Waals surface area contributed by atoms with Gasteiger partial charge in [0.1, 0.15) is 23.1 Å². The first-order chi connectivity index (χ1) is 15.0. The molecule has 1 amide bonds. The lowest BCUT2D eigenvalue weighted by atomic mass is 10.1. The summed E-state index contributed by atoms with van der Waals surface area (Å²) in [7, 11) is 1.55. The first-order valence-corrected chi connectivity index (χ1v) is 10.2. The van der Waals surface area contributed by atoms with Gasteiger partial charge in [0.25, 0.3) is 5.91 Å². The highest BCUT2D eigenvalue weighted by Crippen LogP contribution is 2.18. The minimum Gasteiger partial charge on any atom is -0.497 e. The molecule has 6 nitrogen and oxygen atoms in total. The van der Waals surface area contributed by atoms with E-state index in [9.17, 15) is 14.9 Å². The molecular weight excluding hydrogens is 507 g/mol. The Morgan fingerprint density at radius 2 is 1.55 bits per heavy atom. The monoisotopic (exact) mass is 524 g/mol. The first-order valence-electron chi connectivity index (χ1n) is 9.13. The van der Waals surface area contributed by atoms with Crippen molar-refractivity contribution in [2.75, 3.05) is 12.4 Å². The summed E-state index contributed by atoms with van der Waals surface area (Å²) in [5, 5.41) is 12.1. The Labute approximate surface area is 193 Å². The number of nitriles is 1. The fourth-order valence-corrected chi connectivity index (χ4v) is 2.93. The topological polar surface area (TPSA) is 88.4 Å². The average molecular weight is 524 g/mol. The normalized spacial score (nSPS) is 10.7. The molecule has 0 atom stereocenters. The number of anilines is 1. The van der Waals surface area contributed by atoms with Crippen molar-refractivity contribution in [3.63, 3.8) is 0 Å². The molecule has 0 spiro atoms. The summed E-state index contributed by atoms with van der Waals surface area (Å²) in [6, 6.07) is 22.3. The zero-order valence-corrected chi connectivity index (χ0v) is 18.6. The van der Waals surface area contributed by atoms with Gasteiger partial charge in [-0.2, -0.15) is 5.26 Å². The van der Waals surface area contributed by atoms with Crippen LogP contribution < -0.4 is 14.8 Å². The summed E-state index contributed by atoms with van der Waals surface area (Å²) >= 11 is 2.17. The number of nitrogens with one attached hydrogen (secondary N) is 1. The molecule has 0 aliphatic heterocycles. The van der Waals surface area contributed by atoms with Crippen LogP contribution in [0.15, 0.2) is 78.4 Å². The predicted molar refractivity (Wildman–Crippen MR) is 126 cm³/mol. The van der Waals surface area contributed by atoms with Crippen molar-refractivity contribution in [3.8, 4) is 17.6 Å². The minimum atomic E-state index is -0.501. The summed E-state index contributed by atoms with van der Waals surface area (Å²) in [6.45, 7) is 0. The summed E-state index contributed by atoms with van der Waals surface area (Å²) < 4.78 is 11.5. The molecule has 0 saturated carbocycles. The van der Waals surface area contributed by atoms with Crippen LogP contribution in [0.25, 0.3) is 6.08 Å². The quantitative estimate of drug-likeness (QED) is 0.160. The zero-order chi connectivity index (χ0) is 22.2. The Bertz CT molecular complexity index is 1150. The molecule has 154 valence electrons. The molecule has 3 aromatic carbocycles. The van der Waals surface area contributed by atoms with Crippen molar-refractivity contribution < 1.29 is 19.1 Å². The number of ether oxygens (including phenoxy) is 2. The molecule has 0 aliphatic rings. The maximum Gasteiger partial charge on any atom is 0.343 e. The number of hydrogen-bond acceptors (Lipinski definition) is 5. The van der Waals surface area contributed by atoms with Gasteiger partial charge in [-0.3, -0.25) is 4.79 Å². The molecule has 0 radical (unpaired) electrons. The third kappa shape index (κ3) is 6.17. The van der Waals surface area contributed by atoms with Gasteiger partial charge in [0.05, 0.1) is 12.7 Å². The summed E-state index contributed by atoms with van der Waals surface area (Å²) in [5.74, 6) is -0.00821. The number of carbonyl (C=O) groups is 2. The highest BCUT2D eigenvalue weighted by molar-refractivity contribution is 14.1. The highest BCUT2D eigenvalue weighted by atomic mass is 127. The van der Waals surface area contributed by atoms with Crippen LogP contribution in [0.4, 0.5) is 5.69 Å². The number of nitrogens with zero attached hydrogens (tertiary/aromatic N) is 1. The van der Waals surface area contributed by atoms with Gasteiger partial charge < -0.3 is 14.8 Å². The Kier molecular flexibility index (Phi) is 7.40. The molecular formula is C24H17IN2O4. The van der Waals surface area contributed by atoms with E-state index in [-0.39, 0.29) is 5.57 Å². The predicted octanol–water partition coefficient (Wildman–Crippen LogP) is 5.06. The fourth-order valence-electron chi connectivity index (χ4n) is 2.57. The third-order valence-corrected chi connectivity index (χ3v) is 4.91. The molecule has 0 fully saturated rings. The van der Waals surface area contributed by atoms with E-state index in [1.165, 1.54) is 6.08 Å². The van der Waals surface area contributed by atoms with Crippen LogP contribution >= 0.6 is 22.6 Å². The van der Waals surface area contributed by atoms with Crippen LogP contribution in [0.3, 0.4) is 0 Å². The molecule has 3 aromatic rings. The Morgan fingerprint density at radius 3 is 2.13 bits per heavy atom. The van der Waals surface area contributed by atoms with Crippen molar-refractivity contribution >= 4 is 46.2 Å². The maximum absolute atomic E-state index is 12.4. The summed E-state index contributed by atoms with van der Waals surface area (Å²) in [4.78, 5) is 24.6. The number of rotatable bonds is 6. The van der Waals surface area contributed by atoms with Crippen LogP contribution in [0.1, 0.15) is 15.9 Å². The Morgan fingerprint density at radius 1 is 0.935 bits per heavy atom. The van der Waals surface area contributed by atoms with Gasteiger partial charge in [0.15, 0.2) is 0 Å². The van der Waals surface area contributed by atoms with Crippen molar-refractivity contribution in [2.45, 2.75) is 0 Å². The van der Waals surface area contributed by atoms with Gasteiger partial charge >= 0.3 is 5.97 Å². The lowest BCUT2D eigenvalue weighted by molar-refractivity contribution is -0.112. The van der Waals surface area contributed by atoms with E-state index in [0.29, 0.717) is 28.3 Å². The molecule has 7 heteroatoms. The largest absolute Gasteiger partial charge is 0.497 e. The standard InChI is InChI=1S/C24H17IN2O4/c1-30-21-12-4-17(5-13-21)24(29)31-22-10-2-16(3-11-22)14-18(15-26)23(28)27-20-8-6-19(25)7-9-20/h2-14H,1H3,(H,27,28)/b18-14-.